The molecule has 3 nitrogen and oxygen atoms in total. The minimum absolute atomic E-state index is 0.0259. The Morgan fingerprint density at radius 2 is 1.01 bits per heavy atom. The quantitative estimate of drug-likeness (QED) is 0.164. The molecule has 1 unspecified atom stereocenters. The number of rotatable bonds is 4. The fraction of sp³-hybridized carbons (Fsp3) is 0.179. The molecular weight excluding hydrogens is 976 g/mol. The van der Waals surface area contributed by atoms with E-state index in [2.05, 4.69) is 241 Å². The number of aromatic nitrogens is 1. The molecule has 0 amide bonds. The van der Waals surface area contributed by atoms with Crippen LogP contribution in [-0.2, 0) is 16.2 Å². The molecule has 3 aromatic heterocycles. The molecular formula is C67H57IN2O. The third-order valence-electron chi connectivity index (χ3n) is 15.8. The summed E-state index contributed by atoms with van der Waals surface area (Å²) in [5.74, 6) is 0. The fourth-order valence-corrected chi connectivity index (χ4v) is 21.3. The van der Waals surface area contributed by atoms with Gasteiger partial charge in [0.25, 0.3) is 0 Å². The molecule has 0 spiro atoms. The number of benzene rings is 9. The van der Waals surface area contributed by atoms with Gasteiger partial charge in [-0.25, -0.2) is 0 Å². The van der Waals surface area contributed by atoms with Gasteiger partial charge in [0.1, 0.15) is 0 Å². The van der Waals surface area contributed by atoms with Crippen LogP contribution in [0.2, 0.25) is 0 Å². The molecule has 12 aromatic rings. The van der Waals surface area contributed by atoms with E-state index in [1.165, 1.54) is 87.7 Å². The van der Waals surface area contributed by atoms with E-state index >= 15 is 0 Å². The van der Waals surface area contributed by atoms with Gasteiger partial charge in [-0.05, 0) is 0 Å². The van der Waals surface area contributed by atoms with Crippen molar-refractivity contribution >= 4 is 99.6 Å². The fourth-order valence-electron chi connectivity index (χ4n) is 12.0. The number of hydrogen-bond acceptors (Lipinski definition) is 2. The van der Waals surface area contributed by atoms with Crippen molar-refractivity contribution in [2.75, 3.05) is 4.90 Å². The van der Waals surface area contributed by atoms with E-state index in [0.29, 0.717) is 0 Å². The number of fused-ring (bicyclic) bond motifs is 15. The predicted molar refractivity (Wildman–Crippen MR) is 313 cm³/mol. The molecule has 14 rings (SSSR count). The van der Waals surface area contributed by atoms with E-state index in [4.69, 9.17) is 8.93 Å². The van der Waals surface area contributed by atoms with Crippen molar-refractivity contribution in [3.63, 3.8) is 0 Å². The summed E-state index contributed by atoms with van der Waals surface area (Å²) in [6, 6.07) is 64.3. The summed E-state index contributed by atoms with van der Waals surface area (Å²) >= 11 is -3.52. The van der Waals surface area contributed by atoms with Gasteiger partial charge in [0.2, 0.25) is 0 Å². The summed E-state index contributed by atoms with van der Waals surface area (Å²) in [4.78, 5) is 2.42. The molecule has 0 bridgehead atoms. The Kier molecular flexibility index (Phi) is 8.64. The summed E-state index contributed by atoms with van der Waals surface area (Å²) < 4.78 is 19.7. The zero-order chi connectivity index (χ0) is 48.7. The van der Waals surface area contributed by atoms with Crippen LogP contribution in [0.25, 0.3) is 93.4 Å². The third kappa shape index (κ3) is 5.92. The third-order valence-corrected chi connectivity index (χ3v) is 24.6. The number of halogens is 1. The second kappa shape index (κ2) is 14.3. The molecule has 0 saturated heterocycles. The second-order valence-corrected chi connectivity index (χ2v) is 30.6. The maximum atomic E-state index is 7.12. The van der Waals surface area contributed by atoms with Crippen LogP contribution in [0.15, 0.2) is 174 Å². The van der Waals surface area contributed by atoms with E-state index in [9.17, 15) is 0 Å². The molecule has 0 aliphatic carbocycles. The van der Waals surface area contributed by atoms with Gasteiger partial charge in [-0.2, -0.15) is 0 Å². The first-order valence-corrected chi connectivity index (χ1v) is 29.8. The second-order valence-electron chi connectivity index (χ2n) is 23.3. The van der Waals surface area contributed by atoms with Crippen LogP contribution in [0.5, 0.6) is 0 Å². The Morgan fingerprint density at radius 3 is 1.70 bits per heavy atom. The molecule has 2 aliphatic rings. The summed E-state index contributed by atoms with van der Waals surface area (Å²) in [5, 5.41) is 7.57. The first kappa shape index (κ1) is 42.8. The number of hydrogen-bond donors (Lipinski definition) is 0. The SMILES string of the molecule is C=I12c3cc(N(c4ccccc4)c4cccc5c4oc4c(-c6ccccc6)cccc45)ccc3-c3cc(C(C)(C)C)cc(c31)-c1cc3c(cc12)c1cc(C(C)(C)C)cc2c4cc(C(C)(C)C)ccc4n3c21. The Hall–Kier alpha value is -7.02. The molecule has 1 atom stereocenters. The monoisotopic (exact) mass is 1030 g/mol. The van der Waals surface area contributed by atoms with E-state index < -0.39 is 18.0 Å². The topological polar surface area (TPSA) is 20.8 Å². The predicted octanol–water partition coefficient (Wildman–Crippen LogP) is 19.1. The Labute approximate surface area is 419 Å². The molecule has 5 heterocycles. The van der Waals surface area contributed by atoms with Crippen LogP contribution in [0.4, 0.5) is 17.1 Å². The normalized spacial score (nSPS) is 16.4. The average molecular weight is 1030 g/mol. The molecule has 2 aliphatic heterocycles. The number of anilines is 3. The van der Waals surface area contributed by atoms with Crippen molar-refractivity contribution in [1.82, 2.24) is 4.40 Å². The Bertz CT molecular complexity index is 4300. The van der Waals surface area contributed by atoms with Gasteiger partial charge in [0.15, 0.2) is 0 Å². The molecule has 9 aromatic carbocycles. The van der Waals surface area contributed by atoms with Crippen LogP contribution < -0.4 is 4.90 Å². The van der Waals surface area contributed by atoms with Gasteiger partial charge in [0, 0.05) is 0 Å². The van der Waals surface area contributed by atoms with Crippen LogP contribution in [-0.4, -0.2) is 8.92 Å². The van der Waals surface area contributed by atoms with Crippen LogP contribution >= 0.6 is 18.0 Å². The zero-order valence-corrected chi connectivity index (χ0v) is 44.2. The number of furan rings is 1. The van der Waals surface area contributed by atoms with Crippen LogP contribution in [0.3, 0.4) is 0 Å². The van der Waals surface area contributed by atoms with Gasteiger partial charge in [-0.3, -0.25) is 0 Å². The van der Waals surface area contributed by atoms with Crippen molar-refractivity contribution in [2.45, 2.75) is 78.6 Å². The number of para-hydroxylation sites is 3. The standard InChI is InChI=1S/C67H57IN2O/c1-65(2,3)40-27-30-58-50(31-40)54-34-42(67(7,8)9)35-55-51-37-57-49(38-60(51)70(58)62(54)55)53-33-41(66(4,5)6)32-52-46-29-28-44(36-56(46)68(57,10)61(52)53)69(43-21-15-12-16-22-43)59-26-18-25-48-47-24-17-23-45(63(47)71-64(48)59)39-19-13-11-14-20-39/h11-38H,10H2,1-9H3. The van der Waals surface area contributed by atoms with E-state index in [1.54, 1.807) is 0 Å². The number of nitrogens with zero attached hydrogens (tertiary/aromatic N) is 2. The van der Waals surface area contributed by atoms with Crippen molar-refractivity contribution in [2.24, 2.45) is 0 Å². The van der Waals surface area contributed by atoms with Crippen LogP contribution in [0, 0.1) is 10.7 Å². The van der Waals surface area contributed by atoms with Gasteiger partial charge >= 0.3 is 416 Å². The maximum absolute atomic E-state index is 7.12. The van der Waals surface area contributed by atoms with Crippen molar-refractivity contribution in [3.05, 3.63) is 197 Å². The molecule has 0 N–H and O–H groups in total. The Balaban J connectivity index is 1.03. The summed E-state index contributed by atoms with van der Waals surface area (Å²) in [7, 11) is 0. The first-order valence-electron chi connectivity index (χ1n) is 25.1. The van der Waals surface area contributed by atoms with Crippen molar-refractivity contribution in [3.8, 4) is 33.4 Å². The molecule has 0 saturated carbocycles. The summed E-state index contributed by atoms with van der Waals surface area (Å²) in [5.41, 5.74) is 20.6. The minimum atomic E-state index is -3.52. The van der Waals surface area contributed by atoms with Gasteiger partial charge in [0.05, 0.1) is 0 Å². The van der Waals surface area contributed by atoms with E-state index in [-0.39, 0.29) is 16.2 Å². The molecule has 4 heteroatoms. The van der Waals surface area contributed by atoms with Crippen molar-refractivity contribution in [1.29, 1.82) is 0 Å². The summed E-state index contributed by atoms with van der Waals surface area (Å²) in [6.07, 6.45) is 0. The molecule has 0 radical (unpaired) electrons. The van der Waals surface area contributed by atoms with E-state index in [1.807, 2.05) is 0 Å². The first-order chi connectivity index (χ1) is 34.0. The van der Waals surface area contributed by atoms with Crippen molar-refractivity contribution < 1.29 is 4.42 Å². The summed E-state index contributed by atoms with van der Waals surface area (Å²) in [6.45, 7) is 21.1. The zero-order valence-electron chi connectivity index (χ0n) is 42.1. The van der Waals surface area contributed by atoms with Gasteiger partial charge in [-0.15, -0.1) is 0 Å². The van der Waals surface area contributed by atoms with Gasteiger partial charge in [-0.1, -0.05) is 6.07 Å². The van der Waals surface area contributed by atoms with Crippen LogP contribution in [0.1, 0.15) is 79.0 Å². The van der Waals surface area contributed by atoms with E-state index in [0.717, 1.165) is 50.1 Å². The average Bonchev–Trinajstić information content (AvgIpc) is 4.13. The molecule has 71 heavy (non-hydrogen) atoms. The van der Waals surface area contributed by atoms with Gasteiger partial charge < -0.3 is 0 Å². The molecule has 0 fully saturated rings. The molecule has 348 valence electrons. The Morgan fingerprint density at radius 1 is 0.423 bits per heavy atom.